The second-order valence-electron chi connectivity index (χ2n) is 6.19. The highest BCUT2D eigenvalue weighted by Gasteiger charge is 2.21. The van der Waals surface area contributed by atoms with Crippen molar-refractivity contribution in [3.8, 4) is 5.75 Å². The lowest BCUT2D eigenvalue weighted by Crippen LogP contribution is -2.41. The van der Waals surface area contributed by atoms with E-state index in [1.807, 2.05) is 0 Å². The van der Waals surface area contributed by atoms with Crippen LogP contribution in [0, 0.1) is 5.92 Å². The number of ether oxygens (including phenoxy) is 1. The molecule has 1 aromatic carbocycles. The molecular weight excluding hydrogens is 340 g/mol. The van der Waals surface area contributed by atoms with Gasteiger partial charge in [-0.3, -0.25) is 9.10 Å². The van der Waals surface area contributed by atoms with E-state index in [1.165, 1.54) is 7.11 Å². The molecule has 0 unspecified atom stereocenters. The molecule has 0 aliphatic rings. The highest BCUT2D eigenvalue weighted by Crippen LogP contribution is 2.22. The van der Waals surface area contributed by atoms with Crippen LogP contribution in [0.3, 0.4) is 0 Å². The Morgan fingerprint density at radius 3 is 2.60 bits per heavy atom. The Balaban J connectivity index is 2.77. The quantitative estimate of drug-likeness (QED) is 0.650. The van der Waals surface area contributed by atoms with Crippen LogP contribution in [-0.2, 0) is 14.8 Å². The number of nitrogens with one attached hydrogen (secondary N) is 1. The highest BCUT2D eigenvalue weighted by atomic mass is 32.2. The fourth-order valence-corrected chi connectivity index (χ4v) is 3.40. The average Bonchev–Trinajstić information content (AvgIpc) is 2.59. The van der Waals surface area contributed by atoms with Crippen molar-refractivity contribution in [2.75, 3.05) is 30.8 Å². The molecule has 0 aliphatic carbocycles. The summed E-state index contributed by atoms with van der Waals surface area (Å²) in [6.45, 7) is 4.58. The van der Waals surface area contributed by atoms with Crippen LogP contribution in [0.2, 0.25) is 0 Å². The van der Waals surface area contributed by atoms with Crippen molar-refractivity contribution in [3.05, 3.63) is 24.3 Å². The van der Waals surface area contributed by atoms with Gasteiger partial charge in [-0.2, -0.15) is 0 Å². The van der Waals surface area contributed by atoms with E-state index in [2.05, 4.69) is 19.2 Å². The van der Waals surface area contributed by atoms with Crippen LogP contribution in [0.1, 0.15) is 39.5 Å². The Morgan fingerprint density at radius 1 is 1.32 bits per heavy atom. The van der Waals surface area contributed by atoms with Crippen molar-refractivity contribution in [3.63, 3.8) is 0 Å². The molecule has 0 saturated heterocycles. The number of sulfonamides is 1. The molecule has 6 nitrogen and oxygen atoms in total. The highest BCUT2D eigenvalue weighted by molar-refractivity contribution is 7.92. The standard InChI is InChI=1S/C18H30N2O4S/c1-5-7-9-15(6-2)13-19-18(21)14-20(25(4,22)23)16-10-8-11-17(12-16)24-3/h8,10-12,15H,5-7,9,13-14H2,1-4H3,(H,19,21)/t15-/m1/s1. The first-order valence-corrected chi connectivity index (χ1v) is 10.5. The first kappa shape index (κ1) is 21.3. The number of nitrogens with zero attached hydrogens (tertiary/aromatic N) is 1. The summed E-state index contributed by atoms with van der Waals surface area (Å²) in [6, 6.07) is 6.67. The molecule has 0 saturated carbocycles. The Morgan fingerprint density at radius 2 is 2.04 bits per heavy atom. The summed E-state index contributed by atoms with van der Waals surface area (Å²) >= 11 is 0. The predicted octanol–water partition coefficient (Wildman–Crippen LogP) is 2.79. The monoisotopic (exact) mass is 370 g/mol. The van der Waals surface area contributed by atoms with Crippen molar-refractivity contribution >= 4 is 21.6 Å². The normalized spacial score (nSPS) is 12.5. The lowest BCUT2D eigenvalue weighted by molar-refractivity contribution is -0.119. The second kappa shape index (κ2) is 10.3. The molecular formula is C18H30N2O4S. The van der Waals surface area contributed by atoms with Crippen molar-refractivity contribution in [1.82, 2.24) is 5.32 Å². The van der Waals surface area contributed by atoms with Gasteiger partial charge in [0.1, 0.15) is 12.3 Å². The zero-order valence-corrected chi connectivity index (χ0v) is 16.4. The van der Waals surface area contributed by atoms with Gasteiger partial charge in [0.15, 0.2) is 0 Å². The smallest absolute Gasteiger partial charge is 0.240 e. The van der Waals surface area contributed by atoms with Gasteiger partial charge in [-0.05, 0) is 24.5 Å². The van der Waals surface area contributed by atoms with Gasteiger partial charge in [0, 0.05) is 12.6 Å². The van der Waals surface area contributed by atoms with Crippen LogP contribution in [0.4, 0.5) is 5.69 Å². The lowest BCUT2D eigenvalue weighted by Gasteiger charge is -2.23. The van der Waals surface area contributed by atoms with Crippen LogP contribution in [-0.4, -0.2) is 40.8 Å². The molecule has 0 aliphatic heterocycles. The second-order valence-corrected chi connectivity index (χ2v) is 8.10. The van der Waals surface area contributed by atoms with E-state index in [9.17, 15) is 13.2 Å². The van der Waals surface area contributed by atoms with Gasteiger partial charge in [0.05, 0.1) is 19.1 Å². The van der Waals surface area contributed by atoms with E-state index >= 15 is 0 Å². The topological polar surface area (TPSA) is 75.7 Å². The third-order valence-corrected chi connectivity index (χ3v) is 5.30. The molecule has 0 spiro atoms. The summed E-state index contributed by atoms with van der Waals surface area (Å²) in [4.78, 5) is 12.3. The fourth-order valence-electron chi connectivity index (χ4n) is 2.55. The maximum Gasteiger partial charge on any atom is 0.240 e. The van der Waals surface area contributed by atoms with Crippen LogP contribution >= 0.6 is 0 Å². The molecule has 1 atom stereocenters. The third kappa shape index (κ3) is 7.34. The number of hydrogen-bond acceptors (Lipinski definition) is 4. The summed E-state index contributed by atoms with van der Waals surface area (Å²) in [5, 5.41) is 2.87. The summed E-state index contributed by atoms with van der Waals surface area (Å²) in [7, 11) is -2.07. The van der Waals surface area contributed by atoms with Crippen LogP contribution in [0.5, 0.6) is 5.75 Å². The maximum atomic E-state index is 12.3. The van der Waals surface area contributed by atoms with Crippen molar-refractivity contribution in [2.24, 2.45) is 5.92 Å². The Labute approximate surface area is 151 Å². The van der Waals surface area contributed by atoms with Gasteiger partial charge < -0.3 is 10.1 Å². The minimum atomic E-state index is -3.58. The molecule has 142 valence electrons. The fraction of sp³-hybridized carbons (Fsp3) is 0.611. The molecule has 1 N–H and O–H groups in total. The molecule has 7 heteroatoms. The zero-order chi connectivity index (χ0) is 18.9. The van der Waals surface area contributed by atoms with Gasteiger partial charge >= 0.3 is 0 Å². The predicted molar refractivity (Wildman–Crippen MR) is 101 cm³/mol. The van der Waals surface area contributed by atoms with Crippen molar-refractivity contribution in [2.45, 2.75) is 39.5 Å². The Kier molecular flexibility index (Phi) is 8.75. The first-order valence-electron chi connectivity index (χ1n) is 8.70. The number of hydrogen-bond donors (Lipinski definition) is 1. The summed E-state index contributed by atoms with van der Waals surface area (Å²) in [5.74, 6) is 0.660. The summed E-state index contributed by atoms with van der Waals surface area (Å²) in [5.41, 5.74) is 0.412. The number of carbonyl (C=O) groups excluding carboxylic acids is 1. The van der Waals surface area contributed by atoms with Crippen LogP contribution < -0.4 is 14.4 Å². The molecule has 0 bridgehead atoms. The average molecular weight is 371 g/mol. The Bertz CT molecular complexity index is 646. The summed E-state index contributed by atoms with van der Waals surface area (Å²) in [6.07, 6.45) is 5.41. The van der Waals surface area contributed by atoms with Gasteiger partial charge in [-0.15, -0.1) is 0 Å². The van der Waals surface area contributed by atoms with Crippen LogP contribution in [0.15, 0.2) is 24.3 Å². The van der Waals surface area contributed by atoms with E-state index in [1.54, 1.807) is 24.3 Å². The number of carbonyl (C=O) groups is 1. The number of amides is 1. The van der Waals surface area contributed by atoms with E-state index in [0.717, 1.165) is 36.2 Å². The van der Waals surface area contributed by atoms with Crippen LogP contribution in [0.25, 0.3) is 0 Å². The molecule has 0 heterocycles. The number of methoxy groups -OCH3 is 1. The van der Waals surface area contributed by atoms with E-state index in [4.69, 9.17) is 4.74 Å². The van der Waals surface area contributed by atoms with Crippen molar-refractivity contribution in [1.29, 1.82) is 0 Å². The number of unbranched alkanes of at least 4 members (excludes halogenated alkanes) is 1. The zero-order valence-electron chi connectivity index (χ0n) is 15.6. The van der Waals surface area contributed by atoms with E-state index < -0.39 is 10.0 Å². The molecule has 0 aromatic heterocycles. The molecule has 0 radical (unpaired) electrons. The van der Waals surface area contributed by atoms with Crippen molar-refractivity contribution < 1.29 is 17.9 Å². The molecule has 1 amide bonds. The maximum absolute atomic E-state index is 12.3. The van der Waals surface area contributed by atoms with Gasteiger partial charge in [-0.1, -0.05) is 39.2 Å². The number of rotatable bonds is 11. The number of benzene rings is 1. The molecule has 1 aromatic rings. The third-order valence-electron chi connectivity index (χ3n) is 4.16. The number of anilines is 1. The first-order chi connectivity index (χ1) is 11.8. The SMILES string of the molecule is CCCC[C@@H](CC)CNC(=O)CN(c1cccc(OC)c1)S(C)(=O)=O. The van der Waals surface area contributed by atoms with E-state index in [0.29, 0.717) is 23.9 Å². The van der Waals surface area contributed by atoms with E-state index in [-0.39, 0.29) is 12.5 Å². The lowest BCUT2D eigenvalue weighted by atomic mass is 9.99. The summed E-state index contributed by atoms with van der Waals surface area (Å²) < 4.78 is 30.4. The minimum absolute atomic E-state index is 0.240. The molecule has 25 heavy (non-hydrogen) atoms. The minimum Gasteiger partial charge on any atom is -0.497 e. The largest absolute Gasteiger partial charge is 0.497 e. The molecule has 0 fully saturated rings. The van der Waals surface area contributed by atoms with Gasteiger partial charge in [0.25, 0.3) is 0 Å². The van der Waals surface area contributed by atoms with Gasteiger partial charge in [0.2, 0.25) is 15.9 Å². The Hall–Kier alpha value is -1.76. The molecule has 1 rings (SSSR count). The van der Waals surface area contributed by atoms with Gasteiger partial charge in [-0.25, -0.2) is 8.42 Å².